The SMILES string of the molecule is CCN1CCN(C(C)(C)c2ccc(N)c(N3CCC(C)CC3)c2)CC1. The second kappa shape index (κ2) is 7.55. The number of nitrogens with zero attached hydrogens (tertiary/aromatic N) is 3. The van der Waals surface area contributed by atoms with Crippen molar-refractivity contribution in [1.82, 2.24) is 9.80 Å². The first kappa shape index (κ1) is 18.5. The highest BCUT2D eigenvalue weighted by Crippen LogP contribution is 2.35. The van der Waals surface area contributed by atoms with E-state index in [2.05, 4.69) is 60.6 Å². The monoisotopic (exact) mass is 344 g/mol. The Balaban J connectivity index is 1.78. The zero-order valence-corrected chi connectivity index (χ0v) is 16.6. The van der Waals surface area contributed by atoms with Crippen molar-refractivity contribution in [2.24, 2.45) is 5.92 Å². The topological polar surface area (TPSA) is 35.7 Å². The van der Waals surface area contributed by atoms with Gasteiger partial charge in [0, 0.05) is 44.8 Å². The molecule has 0 aliphatic carbocycles. The third kappa shape index (κ3) is 3.95. The van der Waals surface area contributed by atoms with Crippen LogP contribution in [0.3, 0.4) is 0 Å². The highest BCUT2D eigenvalue weighted by Gasteiger charge is 2.32. The summed E-state index contributed by atoms with van der Waals surface area (Å²) in [6.45, 7) is 17.4. The molecular formula is C21H36N4. The molecular weight excluding hydrogens is 308 g/mol. The van der Waals surface area contributed by atoms with Gasteiger partial charge in [0.1, 0.15) is 0 Å². The molecule has 2 N–H and O–H groups in total. The van der Waals surface area contributed by atoms with Crippen molar-refractivity contribution in [1.29, 1.82) is 0 Å². The Labute approximate surface area is 154 Å². The summed E-state index contributed by atoms with van der Waals surface area (Å²) in [5, 5.41) is 0. The van der Waals surface area contributed by atoms with Crippen molar-refractivity contribution < 1.29 is 0 Å². The van der Waals surface area contributed by atoms with E-state index in [1.165, 1.54) is 37.2 Å². The molecule has 140 valence electrons. The second-order valence-corrected chi connectivity index (χ2v) is 8.42. The number of anilines is 2. The first-order valence-corrected chi connectivity index (χ1v) is 10.0. The summed E-state index contributed by atoms with van der Waals surface area (Å²) in [5.74, 6) is 0.840. The Hall–Kier alpha value is -1.26. The molecule has 0 bridgehead atoms. The maximum absolute atomic E-state index is 6.35. The van der Waals surface area contributed by atoms with Crippen molar-refractivity contribution in [3.8, 4) is 0 Å². The minimum absolute atomic E-state index is 0.0470. The highest BCUT2D eigenvalue weighted by molar-refractivity contribution is 5.69. The number of piperidine rings is 1. The molecule has 2 fully saturated rings. The number of hydrogen-bond acceptors (Lipinski definition) is 4. The molecule has 0 unspecified atom stereocenters. The maximum Gasteiger partial charge on any atom is 0.0603 e. The molecule has 2 saturated heterocycles. The summed E-state index contributed by atoms with van der Waals surface area (Å²) in [6.07, 6.45) is 2.54. The summed E-state index contributed by atoms with van der Waals surface area (Å²) in [6, 6.07) is 6.71. The number of piperazine rings is 1. The van der Waals surface area contributed by atoms with E-state index in [1.54, 1.807) is 0 Å². The molecule has 4 nitrogen and oxygen atoms in total. The van der Waals surface area contributed by atoms with Crippen molar-refractivity contribution in [2.45, 2.75) is 46.1 Å². The lowest BCUT2D eigenvalue weighted by Gasteiger charge is -2.44. The van der Waals surface area contributed by atoms with Gasteiger partial charge in [-0.3, -0.25) is 4.90 Å². The predicted octanol–water partition coefficient (Wildman–Crippen LogP) is 3.38. The zero-order valence-electron chi connectivity index (χ0n) is 16.6. The lowest BCUT2D eigenvalue weighted by molar-refractivity contribution is 0.0527. The molecule has 1 aromatic carbocycles. The summed E-state index contributed by atoms with van der Waals surface area (Å²) in [5.41, 5.74) is 9.95. The van der Waals surface area contributed by atoms with Gasteiger partial charge in [-0.2, -0.15) is 0 Å². The van der Waals surface area contributed by atoms with Gasteiger partial charge in [-0.1, -0.05) is 19.9 Å². The van der Waals surface area contributed by atoms with Crippen molar-refractivity contribution in [3.63, 3.8) is 0 Å². The van der Waals surface area contributed by atoms with Crippen LogP contribution in [0.4, 0.5) is 11.4 Å². The Bertz CT molecular complexity index is 567. The Morgan fingerprint density at radius 2 is 1.68 bits per heavy atom. The van der Waals surface area contributed by atoms with Crippen LogP contribution in [-0.4, -0.2) is 55.6 Å². The smallest absolute Gasteiger partial charge is 0.0603 e. The number of hydrogen-bond donors (Lipinski definition) is 1. The maximum atomic E-state index is 6.35. The molecule has 0 saturated carbocycles. The molecule has 2 heterocycles. The zero-order chi connectivity index (χ0) is 18.0. The molecule has 4 heteroatoms. The van der Waals surface area contributed by atoms with Crippen LogP contribution in [0.5, 0.6) is 0 Å². The van der Waals surface area contributed by atoms with Crippen LogP contribution in [0.1, 0.15) is 46.1 Å². The van der Waals surface area contributed by atoms with E-state index in [0.29, 0.717) is 0 Å². The van der Waals surface area contributed by atoms with Gasteiger partial charge in [0.2, 0.25) is 0 Å². The summed E-state index contributed by atoms with van der Waals surface area (Å²) in [4.78, 5) is 7.66. The summed E-state index contributed by atoms with van der Waals surface area (Å²) < 4.78 is 0. The van der Waals surface area contributed by atoms with Gasteiger partial charge < -0.3 is 15.5 Å². The van der Waals surface area contributed by atoms with E-state index in [9.17, 15) is 0 Å². The van der Waals surface area contributed by atoms with Crippen LogP contribution in [0, 0.1) is 5.92 Å². The Kier molecular flexibility index (Phi) is 5.59. The minimum Gasteiger partial charge on any atom is -0.397 e. The van der Waals surface area contributed by atoms with Crippen LogP contribution in [-0.2, 0) is 5.54 Å². The fourth-order valence-corrected chi connectivity index (χ4v) is 4.25. The van der Waals surface area contributed by atoms with E-state index >= 15 is 0 Å². The molecule has 2 aliphatic rings. The van der Waals surface area contributed by atoms with Gasteiger partial charge in [-0.05, 0) is 56.8 Å². The first-order valence-electron chi connectivity index (χ1n) is 10.0. The van der Waals surface area contributed by atoms with E-state index in [-0.39, 0.29) is 5.54 Å². The summed E-state index contributed by atoms with van der Waals surface area (Å²) >= 11 is 0. The van der Waals surface area contributed by atoms with Crippen LogP contribution >= 0.6 is 0 Å². The molecule has 25 heavy (non-hydrogen) atoms. The largest absolute Gasteiger partial charge is 0.397 e. The third-order valence-electron chi connectivity index (χ3n) is 6.47. The fraction of sp³-hybridized carbons (Fsp3) is 0.714. The van der Waals surface area contributed by atoms with Crippen LogP contribution in [0.15, 0.2) is 18.2 Å². The number of likely N-dealkylation sites (N-methyl/N-ethyl adjacent to an activating group) is 1. The Morgan fingerprint density at radius 3 is 2.28 bits per heavy atom. The normalized spacial score (nSPS) is 21.7. The van der Waals surface area contributed by atoms with Crippen molar-refractivity contribution in [3.05, 3.63) is 23.8 Å². The quantitative estimate of drug-likeness (QED) is 0.850. The Morgan fingerprint density at radius 1 is 1.04 bits per heavy atom. The molecule has 2 aliphatic heterocycles. The van der Waals surface area contributed by atoms with Gasteiger partial charge in [-0.15, -0.1) is 0 Å². The molecule has 3 rings (SSSR count). The van der Waals surface area contributed by atoms with E-state index in [4.69, 9.17) is 5.73 Å². The minimum atomic E-state index is 0.0470. The van der Waals surface area contributed by atoms with Gasteiger partial charge in [0.15, 0.2) is 0 Å². The predicted molar refractivity (Wildman–Crippen MR) is 108 cm³/mol. The average molecular weight is 345 g/mol. The number of nitrogen functional groups attached to an aromatic ring is 1. The summed E-state index contributed by atoms with van der Waals surface area (Å²) in [7, 11) is 0. The van der Waals surface area contributed by atoms with Crippen molar-refractivity contribution in [2.75, 3.05) is 56.4 Å². The second-order valence-electron chi connectivity index (χ2n) is 8.42. The van der Waals surface area contributed by atoms with Crippen LogP contribution in [0.25, 0.3) is 0 Å². The number of rotatable bonds is 4. The fourth-order valence-electron chi connectivity index (χ4n) is 4.25. The van der Waals surface area contributed by atoms with Gasteiger partial charge in [-0.25, -0.2) is 0 Å². The van der Waals surface area contributed by atoms with Gasteiger partial charge >= 0.3 is 0 Å². The lowest BCUT2D eigenvalue weighted by Crippen LogP contribution is -2.53. The lowest BCUT2D eigenvalue weighted by atomic mass is 9.90. The average Bonchev–Trinajstić information content (AvgIpc) is 2.63. The van der Waals surface area contributed by atoms with Gasteiger partial charge in [0.05, 0.1) is 11.4 Å². The standard InChI is InChI=1S/C21H36N4/c1-5-23-12-14-25(15-13-23)21(3,4)18-6-7-19(22)20(16-18)24-10-8-17(2)9-11-24/h6-7,16-17H,5,8-15,22H2,1-4H3. The molecule has 0 atom stereocenters. The van der Waals surface area contributed by atoms with Crippen LogP contribution in [0.2, 0.25) is 0 Å². The van der Waals surface area contributed by atoms with E-state index in [0.717, 1.165) is 44.3 Å². The molecule has 0 radical (unpaired) electrons. The molecule has 0 spiro atoms. The van der Waals surface area contributed by atoms with E-state index < -0.39 is 0 Å². The number of benzene rings is 1. The highest BCUT2D eigenvalue weighted by atomic mass is 15.3. The molecule has 0 aromatic heterocycles. The third-order valence-corrected chi connectivity index (χ3v) is 6.47. The van der Waals surface area contributed by atoms with Crippen molar-refractivity contribution >= 4 is 11.4 Å². The van der Waals surface area contributed by atoms with E-state index in [1.807, 2.05) is 0 Å². The molecule has 1 aromatic rings. The van der Waals surface area contributed by atoms with Gasteiger partial charge in [0.25, 0.3) is 0 Å². The number of nitrogens with two attached hydrogens (primary N) is 1. The molecule has 0 amide bonds. The first-order chi connectivity index (χ1) is 11.9. The van der Waals surface area contributed by atoms with Crippen LogP contribution < -0.4 is 10.6 Å².